The molecule has 0 amide bonds. The van der Waals surface area contributed by atoms with E-state index < -0.39 is 0 Å². The van der Waals surface area contributed by atoms with Crippen molar-refractivity contribution in [1.29, 1.82) is 0 Å². The number of aromatic nitrogens is 1. The van der Waals surface area contributed by atoms with E-state index in [1.54, 1.807) is 11.8 Å². The molecule has 2 rings (SSSR count). The van der Waals surface area contributed by atoms with Crippen LogP contribution < -0.4 is 5.32 Å². The molecule has 0 fully saturated rings. The highest BCUT2D eigenvalue weighted by Gasteiger charge is 2.08. The molecule has 1 unspecified atom stereocenters. The van der Waals surface area contributed by atoms with Gasteiger partial charge in [-0.3, -0.25) is 4.98 Å². The Hall–Kier alpha value is -1.32. The van der Waals surface area contributed by atoms with Crippen LogP contribution in [0, 0.1) is 6.92 Å². The lowest BCUT2D eigenvalue weighted by Gasteiger charge is -2.15. The van der Waals surface area contributed by atoms with Gasteiger partial charge in [-0.15, -0.1) is 0 Å². The number of benzene rings is 1. The summed E-state index contributed by atoms with van der Waals surface area (Å²) in [6.45, 7) is 7.39. The highest BCUT2D eigenvalue weighted by Crippen LogP contribution is 2.28. The molecule has 0 radical (unpaired) electrons. The van der Waals surface area contributed by atoms with Crippen LogP contribution in [0.3, 0.4) is 0 Å². The van der Waals surface area contributed by atoms with Gasteiger partial charge < -0.3 is 5.32 Å². The molecule has 2 aromatic rings. The highest BCUT2D eigenvalue weighted by atomic mass is 32.2. The zero-order valence-corrected chi connectivity index (χ0v) is 13.2. The van der Waals surface area contributed by atoms with E-state index in [0.717, 1.165) is 18.7 Å². The maximum atomic E-state index is 4.60. The minimum atomic E-state index is 0.360. The second kappa shape index (κ2) is 7.46. The first-order chi connectivity index (χ1) is 9.72. The molecule has 0 aliphatic carbocycles. The molecular formula is C17H22N2S. The summed E-state index contributed by atoms with van der Waals surface area (Å²) in [5, 5.41) is 3.45. The standard InChI is InChI=1S/C17H22N2S/c1-4-16(18-5-2)17-11-10-15(12-19-17)20-14-8-6-13(3)7-9-14/h6-12,16,18H,4-5H2,1-3H3. The molecule has 1 aromatic heterocycles. The van der Waals surface area contributed by atoms with E-state index >= 15 is 0 Å². The van der Waals surface area contributed by atoms with E-state index in [4.69, 9.17) is 0 Å². The van der Waals surface area contributed by atoms with Gasteiger partial charge in [0.2, 0.25) is 0 Å². The lowest BCUT2D eigenvalue weighted by molar-refractivity contribution is 0.524. The Bertz CT molecular complexity index is 520. The first kappa shape index (κ1) is 15.1. The molecule has 0 aliphatic rings. The molecule has 106 valence electrons. The minimum absolute atomic E-state index is 0.360. The maximum absolute atomic E-state index is 4.60. The Morgan fingerprint density at radius 2 is 1.75 bits per heavy atom. The lowest BCUT2D eigenvalue weighted by Crippen LogP contribution is -2.20. The van der Waals surface area contributed by atoms with Crippen LogP contribution in [-0.2, 0) is 0 Å². The zero-order valence-electron chi connectivity index (χ0n) is 12.4. The monoisotopic (exact) mass is 286 g/mol. The molecule has 1 heterocycles. The van der Waals surface area contributed by atoms with Crippen LogP contribution in [-0.4, -0.2) is 11.5 Å². The number of pyridine rings is 1. The summed E-state index contributed by atoms with van der Waals surface area (Å²) in [7, 11) is 0. The first-order valence-corrected chi connectivity index (χ1v) is 7.98. The number of rotatable bonds is 6. The van der Waals surface area contributed by atoms with Gasteiger partial charge in [0.15, 0.2) is 0 Å². The largest absolute Gasteiger partial charge is 0.309 e. The van der Waals surface area contributed by atoms with E-state index in [0.29, 0.717) is 6.04 Å². The molecule has 20 heavy (non-hydrogen) atoms. The van der Waals surface area contributed by atoms with Crippen LogP contribution >= 0.6 is 11.8 Å². The van der Waals surface area contributed by atoms with Crippen LogP contribution in [0.2, 0.25) is 0 Å². The topological polar surface area (TPSA) is 24.9 Å². The molecule has 1 atom stereocenters. The quantitative estimate of drug-likeness (QED) is 0.840. The molecular weight excluding hydrogens is 264 g/mol. The van der Waals surface area contributed by atoms with E-state index in [9.17, 15) is 0 Å². The van der Waals surface area contributed by atoms with Crippen LogP contribution in [0.15, 0.2) is 52.4 Å². The molecule has 0 aliphatic heterocycles. The molecule has 0 saturated carbocycles. The number of aryl methyl sites for hydroxylation is 1. The molecule has 1 aromatic carbocycles. The summed E-state index contributed by atoms with van der Waals surface area (Å²) < 4.78 is 0. The predicted octanol–water partition coefficient (Wildman–Crippen LogP) is 4.60. The van der Waals surface area contributed by atoms with Crippen molar-refractivity contribution < 1.29 is 0 Å². The summed E-state index contributed by atoms with van der Waals surface area (Å²) in [6.07, 6.45) is 3.03. The third-order valence-electron chi connectivity index (χ3n) is 3.23. The zero-order chi connectivity index (χ0) is 14.4. The average Bonchev–Trinajstić information content (AvgIpc) is 2.48. The van der Waals surface area contributed by atoms with Crippen molar-refractivity contribution in [3.05, 3.63) is 53.9 Å². The maximum Gasteiger partial charge on any atom is 0.0573 e. The fraction of sp³-hybridized carbons (Fsp3) is 0.353. The summed E-state index contributed by atoms with van der Waals surface area (Å²) in [4.78, 5) is 7.04. The normalized spacial score (nSPS) is 12.3. The van der Waals surface area contributed by atoms with Crippen molar-refractivity contribution in [3.8, 4) is 0 Å². The molecule has 0 bridgehead atoms. The van der Waals surface area contributed by atoms with Gasteiger partial charge in [-0.2, -0.15) is 0 Å². The highest BCUT2D eigenvalue weighted by molar-refractivity contribution is 7.99. The third kappa shape index (κ3) is 4.09. The predicted molar refractivity (Wildman–Crippen MR) is 86.2 cm³/mol. The first-order valence-electron chi connectivity index (χ1n) is 7.16. The average molecular weight is 286 g/mol. The fourth-order valence-electron chi connectivity index (χ4n) is 2.11. The lowest BCUT2D eigenvalue weighted by atomic mass is 10.1. The minimum Gasteiger partial charge on any atom is -0.309 e. The van der Waals surface area contributed by atoms with Crippen molar-refractivity contribution in [2.45, 2.75) is 43.0 Å². The third-order valence-corrected chi connectivity index (χ3v) is 4.22. The Labute approximate surface area is 126 Å². The molecule has 3 heteroatoms. The molecule has 0 saturated heterocycles. The van der Waals surface area contributed by atoms with E-state index in [1.807, 2.05) is 6.20 Å². The van der Waals surface area contributed by atoms with Gasteiger partial charge in [0.1, 0.15) is 0 Å². The van der Waals surface area contributed by atoms with Crippen LogP contribution in [0.1, 0.15) is 37.6 Å². The van der Waals surface area contributed by atoms with Gasteiger partial charge in [-0.1, -0.05) is 43.3 Å². The van der Waals surface area contributed by atoms with Crippen LogP contribution in [0.4, 0.5) is 0 Å². The molecule has 1 N–H and O–H groups in total. The fourth-order valence-corrected chi connectivity index (χ4v) is 2.89. The van der Waals surface area contributed by atoms with E-state index in [1.165, 1.54) is 15.4 Å². The summed E-state index contributed by atoms with van der Waals surface area (Å²) in [5.41, 5.74) is 2.42. The van der Waals surface area contributed by atoms with Gasteiger partial charge in [-0.25, -0.2) is 0 Å². The molecule has 0 spiro atoms. The van der Waals surface area contributed by atoms with Crippen molar-refractivity contribution in [3.63, 3.8) is 0 Å². The number of hydrogen-bond donors (Lipinski definition) is 1. The van der Waals surface area contributed by atoms with E-state index in [2.05, 4.69) is 67.5 Å². The van der Waals surface area contributed by atoms with Crippen molar-refractivity contribution >= 4 is 11.8 Å². The van der Waals surface area contributed by atoms with E-state index in [-0.39, 0.29) is 0 Å². The van der Waals surface area contributed by atoms with Crippen LogP contribution in [0.25, 0.3) is 0 Å². The summed E-state index contributed by atoms with van der Waals surface area (Å²) in [6, 6.07) is 13.2. The smallest absolute Gasteiger partial charge is 0.0573 e. The van der Waals surface area contributed by atoms with Crippen molar-refractivity contribution in [2.75, 3.05) is 6.54 Å². The van der Waals surface area contributed by atoms with Crippen molar-refractivity contribution in [1.82, 2.24) is 10.3 Å². The van der Waals surface area contributed by atoms with Crippen LogP contribution in [0.5, 0.6) is 0 Å². The second-order valence-electron chi connectivity index (χ2n) is 4.85. The van der Waals surface area contributed by atoms with Gasteiger partial charge >= 0.3 is 0 Å². The Morgan fingerprint density at radius 1 is 1.05 bits per heavy atom. The van der Waals surface area contributed by atoms with Gasteiger partial charge in [0, 0.05) is 22.0 Å². The number of hydrogen-bond acceptors (Lipinski definition) is 3. The van der Waals surface area contributed by atoms with Gasteiger partial charge in [0.25, 0.3) is 0 Å². The number of nitrogens with zero attached hydrogens (tertiary/aromatic N) is 1. The molecule has 2 nitrogen and oxygen atoms in total. The van der Waals surface area contributed by atoms with Gasteiger partial charge in [0.05, 0.1) is 5.69 Å². The Kier molecular flexibility index (Phi) is 5.62. The summed E-state index contributed by atoms with van der Waals surface area (Å²) in [5.74, 6) is 0. The second-order valence-corrected chi connectivity index (χ2v) is 6.00. The number of nitrogens with one attached hydrogen (secondary N) is 1. The summed E-state index contributed by atoms with van der Waals surface area (Å²) >= 11 is 1.75. The SMILES string of the molecule is CCNC(CC)c1ccc(Sc2ccc(C)cc2)cn1. The Morgan fingerprint density at radius 3 is 2.30 bits per heavy atom. The van der Waals surface area contributed by atoms with Gasteiger partial charge in [-0.05, 0) is 44.2 Å². The Balaban J connectivity index is 2.06. The van der Waals surface area contributed by atoms with Crippen molar-refractivity contribution in [2.24, 2.45) is 0 Å².